The molecule has 0 saturated carbocycles. The van der Waals surface area contributed by atoms with Gasteiger partial charge in [-0.2, -0.15) is 0 Å². The lowest BCUT2D eigenvalue weighted by atomic mass is 10.0. The molecule has 0 aliphatic heterocycles. The highest BCUT2D eigenvalue weighted by molar-refractivity contribution is 7.99. The van der Waals surface area contributed by atoms with E-state index in [1.54, 1.807) is 0 Å². The van der Waals surface area contributed by atoms with Gasteiger partial charge < -0.3 is 0 Å². The van der Waals surface area contributed by atoms with E-state index in [2.05, 4.69) is 20.8 Å². The van der Waals surface area contributed by atoms with Crippen molar-refractivity contribution >= 4 is 11.9 Å². The third-order valence-electron chi connectivity index (χ3n) is 1.61. The molecule has 1 nitrogen and oxygen atoms in total. The van der Waals surface area contributed by atoms with Crippen LogP contribution in [0.1, 0.15) is 46.5 Å². The summed E-state index contributed by atoms with van der Waals surface area (Å²) in [6.45, 7) is 6.69. The van der Waals surface area contributed by atoms with Crippen molar-refractivity contribution in [3.8, 4) is 0 Å². The zero-order chi connectivity index (χ0) is 8.69. The zero-order valence-corrected chi connectivity index (χ0v) is 8.71. The first-order valence-electron chi connectivity index (χ1n) is 4.42. The van der Waals surface area contributed by atoms with E-state index in [-0.39, 0.29) is 0 Å². The van der Waals surface area contributed by atoms with Crippen LogP contribution in [0.5, 0.6) is 0 Å². The van der Waals surface area contributed by atoms with Gasteiger partial charge in [-0.25, -0.2) is 0 Å². The van der Waals surface area contributed by atoms with Gasteiger partial charge in [0, 0.05) is 5.25 Å². The second-order valence-corrected chi connectivity index (χ2v) is 4.17. The van der Waals surface area contributed by atoms with Crippen LogP contribution in [0.2, 0.25) is 0 Å². The lowest BCUT2D eigenvalue weighted by Gasteiger charge is -2.14. The molecule has 67 valence electrons. The quantitative estimate of drug-likeness (QED) is 0.625. The molecule has 0 atom stereocenters. The van der Waals surface area contributed by atoms with Crippen LogP contribution in [0.15, 0.2) is 0 Å². The van der Waals surface area contributed by atoms with Gasteiger partial charge in [0.05, 0.1) is 0 Å². The van der Waals surface area contributed by atoms with Gasteiger partial charge in [0.2, 0.25) is 0 Å². The van der Waals surface area contributed by atoms with Crippen LogP contribution in [0.4, 0.5) is 0 Å². The molecular weight excluding hydrogens is 154 g/mol. The summed E-state index contributed by atoms with van der Waals surface area (Å²) in [5, 5.41) is 7.00. The molecule has 0 amide bonds. The Hall–Kier alpha value is 0.310. The smallest absolute Gasteiger partial charge is 0.0464 e. The van der Waals surface area contributed by atoms with Gasteiger partial charge in [0.25, 0.3) is 0 Å². The maximum atomic E-state index is 5.54. The molecule has 1 radical (unpaired) electrons. The first-order chi connectivity index (χ1) is 5.20. The Morgan fingerprint density at radius 1 is 1.45 bits per heavy atom. The van der Waals surface area contributed by atoms with Gasteiger partial charge in [0.1, 0.15) is 0 Å². The second-order valence-electron chi connectivity index (χ2n) is 3.36. The average molecular weight is 174 g/mol. The molecule has 0 heterocycles. The monoisotopic (exact) mass is 174 g/mol. The minimum atomic E-state index is 0.748. The molecule has 0 aliphatic carbocycles. The van der Waals surface area contributed by atoms with Crippen molar-refractivity contribution in [2.75, 3.05) is 0 Å². The Balaban J connectivity index is 3.41. The molecular formula is C9H20NS. The molecule has 0 rings (SSSR count). The molecule has 0 aromatic carbocycles. The number of rotatable bonds is 6. The van der Waals surface area contributed by atoms with Gasteiger partial charge in [-0.3, -0.25) is 5.14 Å². The second kappa shape index (κ2) is 6.99. The Kier molecular flexibility index (Phi) is 7.18. The summed E-state index contributed by atoms with van der Waals surface area (Å²) in [5.74, 6) is 0.748. The fourth-order valence-electron chi connectivity index (χ4n) is 1.04. The third-order valence-corrected chi connectivity index (χ3v) is 2.32. The molecule has 0 saturated heterocycles. The summed E-state index contributed by atoms with van der Waals surface area (Å²) in [6, 6.07) is 0. The van der Waals surface area contributed by atoms with E-state index in [4.69, 9.17) is 5.14 Å². The molecule has 2 heteroatoms. The normalized spacial score (nSPS) is 11.5. The lowest BCUT2D eigenvalue weighted by Crippen LogP contribution is -2.01. The van der Waals surface area contributed by atoms with E-state index in [0.29, 0.717) is 0 Å². The molecule has 0 aromatic rings. The van der Waals surface area contributed by atoms with Gasteiger partial charge in [-0.15, -0.1) is 0 Å². The summed E-state index contributed by atoms with van der Waals surface area (Å²) < 4.78 is 0. The van der Waals surface area contributed by atoms with Crippen LogP contribution in [0, 0.1) is 11.2 Å². The van der Waals surface area contributed by atoms with Gasteiger partial charge in [0.15, 0.2) is 0 Å². The maximum absolute atomic E-state index is 5.54. The highest BCUT2D eigenvalue weighted by Crippen LogP contribution is 2.27. The number of hydrogen-bond acceptors (Lipinski definition) is 2. The van der Waals surface area contributed by atoms with E-state index < -0.39 is 0 Å². The van der Waals surface area contributed by atoms with Gasteiger partial charge in [-0.1, -0.05) is 45.6 Å². The van der Waals surface area contributed by atoms with E-state index in [1.165, 1.54) is 42.9 Å². The molecule has 11 heavy (non-hydrogen) atoms. The molecule has 0 spiro atoms. The van der Waals surface area contributed by atoms with Gasteiger partial charge in [-0.05, 0) is 18.8 Å². The van der Waals surface area contributed by atoms with Crippen molar-refractivity contribution in [2.45, 2.75) is 46.5 Å². The first kappa shape index (κ1) is 11.3. The van der Waals surface area contributed by atoms with E-state index >= 15 is 0 Å². The van der Waals surface area contributed by atoms with Crippen molar-refractivity contribution in [1.29, 1.82) is 0 Å². The van der Waals surface area contributed by atoms with Crippen molar-refractivity contribution in [3.05, 3.63) is 5.25 Å². The third kappa shape index (κ3) is 6.70. The Morgan fingerprint density at radius 3 is 2.45 bits per heavy atom. The molecule has 0 aromatic heterocycles. The lowest BCUT2D eigenvalue weighted by molar-refractivity contribution is 0.596. The Labute approximate surface area is 75.3 Å². The minimum Gasteiger partial charge on any atom is -0.277 e. The van der Waals surface area contributed by atoms with E-state index in [1.807, 2.05) is 0 Å². The van der Waals surface area contributed by atoms with E-state index in [0.717, 1.165) is 5.92 Å². The summed E-state index contributed by atoms with van der Waals surface area (Å²) >= 11 is 1.45. The molecule has 2 N–H and O–H groups in total. The maximum Gasteiger partial charge on any atom is 0.0464 e. The van der Waals surface area contributed by atoms with Crippen LogP contribution in [-0.2, 0) is 0 Å². The van der Waals surface area contributed by atoms with Crippen LogP contribution >= 0.6 is 11.9 Å². The standard InChI is InChI=1S/C9H20NS/c1-4-5-6-9(11-10)7-8(2)3/h8H,4-7,10H2,1-3H3. The highest BCUT2D eigenvalue weighted by atomic mass is 32.2. The van der Waals surface area contributed by atoms with Crippen molar-refractivity contribution < 1.29 is 0 Å². The Morgan fingerprint density at radius 2 is 2.09 bits per heavy atom. The molecule has 0 fully saturated rings. The Bertz CT molecular complexity index is 83.6. The number of unbranched alkanes of at least 4 members (excludes halogenated alkanes) is 1. The average Bonchev–Trinajstić information content (AvgIpc) is 1.97. The fraction of sp³-hybridized carbons (Fsp3) is 0.889. The number of nitrogens with two attached hydrogens (primary N) is 1. The topological polar surface area (TPSA) is 26.0 Å². The van der Waals surface area contributed by atoms with Crippen LogP contribution in [-0.4, -0.2) is 0 Å². The number of hydrogen-bond donors (Lipinski definition) is 1. The molecule has 0 bridgehead atoms. The largest absolute Gasteiger partial charge is 0.277 e. The highest BCUT2D eigenvalue weighted by Gasteiger charge is 2.09. The predicted octanol–water partition coefficient (Wildman–Crippen LogP) is 3.36. The first-order valence-corrected chi connectivity index (χ1v) is 5.30. The van der Waals surface area contributed by atoms with Crippen molar-refractivity contribution in [3.63, 3.8) is 0 Å². The molecule has 0 aliphatic rings. The van der Waals surface area contributed by atoms with E-state index in [9.17, 15) is 0 Å². The summed E-state index contributed by atoms with van der Waals surface area (Å²) in [7, 11) is 0. The predicted molar refractivity (Wildman–Crippen MR) is 54.0 cm³/mol. The van der Waals surface area contributed by atoms with Gasteiger partial charge >= 0.3 is 0 Å². The summed E-state index contributed by atoms with van der Waals surface area (Å²) in [5.41, 5.74) is 0. The molecule has 0 unspecified atom stereocenters. The van der Waals surface area contributed by atoms with Crippen LogP contribution in [0.25, 0.3) is 0 Å². The van der Waals surface area contributed by atoms with Crippen LogP contribution in [0.3, 0.4) is 0 Å². The summed E-state index contributed by atoms with van der Waals surface area (Å²) in [6.07, 6.45) is 4.94. The fourth-order valence-corrected chi connectivity index (χ4v) is 1.73. The van der Waals surface area contributed by atoms with Crippen molar-refractivity contribution in [2.24, 2.45) is 11.1 Å². The van der Waals surface area contributed by atoms with Crippen molar-refractivity contribution in [1.82, 2.24) is 0 Å². The zero-order valence-electron chi connectivity index (χ0n) is 7.89. The summed E-state index contributed by atoms with van der Waals surface area (Å²) in [4.78, 5) is 0. The van der Waals surface area contributed by atoms with Crippen LogP contribution < -0.4 is 5.14 Å². The minimum absolute atomic E-state index is 0.748. The SMILES string of the molecule is CCCC[C](CC(C)C)SN.